The van der Waals surface area contributed by atoms with Crippen molar-refractivity contribution in [1.29, 1.82) is 0 Å². The standard InChI is InChI=1S/C16H21ClN2O2.ClH/c17-9-8-13-11-19(12-5-2-1-3-6-12)16(20)14-7-4-10-18-15(14)21-13;/h4,7,10,12-13H,1-3,5-6,8-9,11H2;1H. The maximum Gasteiger partial charge on any atom is 0.259 e. The van der Waals surface area contributed by atoms with E-state index in [9.17, 15) is 4.79 Å². The van der Waals surface area contributed by atoms with Crippen molar-refractivity contribution in [2.75, 3.05) is 12.4 Å². The number of nitrogens with zero attached hydrogens (tertiary/aromatic N) is 2. The summed E-state index contributed by atoms with van der Waals surface area (Å²) in [5.74, 6) is 1.04. The molecule has 6 heteroatoms. The van der Waals surface area contributed by atoms with E-state index in [-0.39, 0.29) is 24.4 Å². The summed E-state index contributed by atoms with van der Waals surface area (Å²) in [5.41, 5.74) is 0.583. The van der Waals surface area contributed by atoms with Gasteiger partial charge in [-0.05, 0) is 31.4 Å². The summed E-state index contributed by atoms with van der Waals surface area (Å²) in [5, 5.41) is 0. The van der Waals surface area contributed by atoms with Crippen molar-refractivity contribution in [3.8, 4) is 5.88 Å². The number of amides is 1. The molecule has 1 aliphatic heterocycles. The molecule has 0 aromatic carbocycles. The Morgan fingerprint density at radius 3 is 2.82 bits per heavy atom. The zero-order chi connectivity index (χ0) is 14.7. The molecule has 122 valence electrons. The number of ether oxygens (including phenoxy) is 1. The highest BCUT2D eigenvalue weighted by atomic mass is 35.5. The second-order valence-electron chi connectivity index (χ2n) is 5.82. The van der Waals surface area contributed by atoms with E-state index in [4.69, 9.17) is 16.3 Å². The van der Waals surface area contributed by atoms with Gasteiger partial charge in [-0.2, -0.15) is 0 Å². The van der Waals surface area contributed by atoms with Crippen molar-refractivity contribution in [1.82, 2.24) is 9.88 Å². The van der Waals surface area contributed by atoms with Crippen LogP contribution in [-0.2, 0) is 0 Å². The minimum Gasteiger partial charge on any atom is -0.472 e. The predicted molar refractivity (Wildman–Crippen MR) is 89.1 cm³/mol. The van der Waals surface area contributed by atoms with Crippen LogP contribution < -0.4 is 4.74 Å². The summed E-state index contributed by atoms with van der Waals surface area (Å²) < 4.78 is 5.93. The van der Waals surface area contributed by atoms with Crippen LogP contribution >= 0.6 is 24.0 Å². The Bertz CT molecular complexity index is 507. The van der Waals surface area contributed by atoms with E-state index in [0.717, 1.165) is 19.3 Å². The fraction of sp³-hybridized carbons (Fsp3) is 0.625. The summed E-state index contributed by atoms with van der Waals surface area (Å²) in [6.45, 7) is 0.618. The van der Waals surface area contributed by atoms with Crippen LogP contribution in [0.2, 0.25) is 0 Å². The molecule has 0 spiro atoms. The molecule has 2 heterocycles. The lowest BCUT2D eigenvalue weighted by atomic mass is 9.93. The van der Waals surface area contributed by atoms with Gasteiger partial charge in [0.15, 0.2) is 0 Å². The molecule has 1 saturated carbocycles. The number of halogens is 2. The molecule has 0 bridgehead atoms. The van der Waals surface area contributed by atoms with Crippen LogP contribution in [0.4, 0.5) is 0 Å². The molecule has 0 saturated heterocycles. The number of hydrogen-bond acceptors (Lipinski definition) is 3. The number of hydrogen-bond donors (Lipinski definition) is 0. The van der Waals surface area contributed by atoms with Crippen molar-refractivity contribution < 1.29 is 9.53 Å². The minimum atomic E-state index is -0.0653. The zero-order valence-electron chi connectivity index (χ0n) is 12.5. The monoisotopic (exact) mass is 344 g/mol. The molecule has 1 fully saturated rings. The minimum absolute atomic E-state index is 0. The van der Waals surface area contributed by atoms with Crippen molar-refractivity contribution >= 4 is 29.9 Å². The first-order chi connectivity index (χ1) is 10.3. The third-order valence-electron chi connectivity index (χ3n) is 4.39. The second-order valence-corrected chi connectivity index (χ2v) is 6.20. The lowest BCUT2D eigenvalue weighted by Gasteiger charge is -2.34. The van der Waals surface area contributed by atoms with Gasteiger partial charge >= 0.3 is 0 Å². The fourth-order valence-electron chi connectivity index (χ4n) is 3.28. The number of pyridine rings is 1. The largest absolute Gasteiger partial charge is 0.472 e. The third-order valence-corrected chi connectivity index (χ3v) is 4.61. The number of rotatable bonds is 3. The van der Waals surface area contributed by atoms with Gasteiger partial charge in [0.2, 0.25) is 5.88 Å². The molecular weight excluding hydrogens is 323 g/mol. The maximum absolute atomic E-state index is 12.9. The normalized spacial score (nSPS) is 22.3. The van der Waals surface area contributed by atoms with Crippen LogP contribution in [0.1, 0.15) is 48.9 Å². The summed E-state index contributed by atoms with van der Waals surface area (Å²) in [6.07, 6.45) is 8.20. The zero-order valence-corrected chi connectivity index (χ0v) is 14.1. The van der Waals surface area contributed by atoms with Gasteiger partial charge in [-0.25, -0.2) is 4.98 Å². The van der Waals surface area contributed by atoms with Gasteiger partial charge < -0.3 is 9.64 Å². The molecule has 4 nitrogen and oxygen atoms in total. The molecule has 1 aromatic rings. The van der Waals surface area contributed by atoms with Crippen molar-refractivity contribution in [2.45, 2.75) is 50.7 Å². The Labute approximate surface area is 142 Å². The Balaban J connectivity index is 0.00000176. The van der Waals surface area contributed by atoms with E-state index in [1.807, 2.05) is 11.0 Å². The van der Waals surface area contributed by atoms with E-state index >= 15 is 0 Å². The van der Waals surface area contributed by atoms with Gasteiger partial charge in [-0.3, -0.25) is 4.79 Å². The molecule has 0 radical (unpaired) electrons. The number of alkyl halides is 1. The molecule has 22 heavy (non-hydrogen) atoms. The highest BCUT2D eigenvalue weighted by Crippen LogP contribution is 2.29. The lowest BCUT2D eigenvalue weighted by Crippen LogP contribution is -2.45. The summed E-state index contributed by atoms with van der Waals surface area (Å²) in [7, 11) is 0. The van der Waals surface area contributed by atoms with Crippen molar-refractivity contribution in [3.05, 3.63) is 23.9 Å². The maximum atomic E-state index is 12.9. The van der Waals surface area contributed by atoms with E-state index in [1.165, 1.54) is 19.3 Å². The highest BCUT2D eigenvalue weighted by molar-refractivity contribution is 6.17. The van der Waals surface area contributed by atoms with Gasteiger partial charge in [0.05, 0.1) is 6.54 Å². The SMILES string of the molecule is Cl.O=C1c2cccnc2OC(CCCl)CN1C1CCCCC1. The van der Waals surface area contributed by atoms with Crippen LogP contribution in [0.3, 0.4) is 0 Å². The Kier molecular flexibility index (Phi) is 6.33. The van der Waals surface area contributed by atoms with E-state index in [2.05, 4.69) is 4.98 Å². The Morgan fingerprint density at radius 1 is 1.32 bits per heavy atom. The molecule has 0 N–H and O–H groups in total. The van der Waals surface area contributed by atoms with Crippen molar-refractivity contribution in [2.24, 2.45) is 0 Å². The van der Waals surface area contributed by atoms with E-state index in [1.54, 1.807) is 12.3 Å². The molecule has 3 rings (SSSR count). The first kappa shape index (κ1) is 17.4. The second kappa shape index (κ2) is 8.02. The van der Waals surface area contributed by atoms with Gasteiger partial charge in [0.1, 0.15) is 11.7 Å². The number of carbonyl (C=O) groups excluding carboxylic acids is 1. The summed E-state index contributed by atoms with van der Waals surface area (Å²) in [6, 6.07) is 3.93. The average Bonchev–Trinajstić information content (AvgIpc) is 2.66. The molecule has 1 aliphatic carbocycles. The molecule has 2 aliphatic rings. The summed E-state index contributed by atoms with van der Waals surface area (Å²) >= 11 is 5.88. The van der Waals surface area contributed by atoms with Gasteiger partial charge in [-0.15, -0.1) is 24.0 Å². The quantitative estimate of drug-likeness (QED) is 0.785. The predicted octanol–water partition coefficient (Wildman–Crippen LogP) is 3.67. The van der Waals surface area contributed by atoms with Crippen molar-refractivity contribution in [3.63, 3.8) is 0 Å². The number of fused-ring (bicyclic) bond motifs is 1. The molecule has 1 amide bonds. The Morgan fingerprint density at radius 2 is 2.09 bits per heavy atom. The van der Waals surface area contributed by atoms with E-state index in [0.29, 0.717) is 29.9 Å². The molecular formula is C16H22Cl2N2O2. The van der Waals surface area contributed by atoms with Gasteiger partial charge in [-0.1, -0.05) is 19.3 Å². The van der Waals surface area contributed by atoms with Crippen LogP contribution in [0.15, 0.2) is 18.3 Å². The average molecular weight is 345 g/mol. The molecule has 1 unspecified atom stereocenters. The van der Waals surface area contributed by atoms with E-state index < -0.39 is 0 Å². The number of aromatic nitrogens is 1. The smallest absolute Gasteiger partial charge is 0.259 e. The third kappa shape index (κ3) is 3.66. The fourth-order valence-corrected chi connectivity index (χ4v) is 3.52. The summed E-state index contributed by atoms with van der Waals surface area (Å²) in [4.78, 5) is 19.1. The Hall–Kier alpha value is -1.00. The topological polar surface area (TPSA) is 42.4 Å². The van der Waals surface area contributed by atoms with Gasteiger partial charge in [0, 0.05) is 18.1 Å². The van der Waals surface area contributed by atoms with Crippen LogP contribution in [-0.4, -0.2) is 40.4 Å². The van der Waals surface area contributed by atoms with Crippen LogP contribution in [0, 0.1) is 0 Å². The van der Waals surface area contributed by atoms with Crippen LogP contribution in [0.5, 0.6) is 5.88 Å². The molecule has 1 aromatic heterocycles. The number of carbonyl (C=O) groups is 1. The lowest BCUT2D eigenvalue weighted by molar-refractivity contribution is 0.0554. The molecule has 1 atom stereocenters. The van der Waals surface area contributed by atoms with Crippen LogP contribution in [0.25, 0.3) is 0 Å². The first-order valence-corrected chi connectivity index (χ1v) is 8.31. The van der Waals surface area contributed by atoms with Gasteiger partial charge in [0.25, 0.3) is 5.91 Å². The highest BCUT2D eigenvalue weighted by Gasteiger charge is 2.34. The first-order valence-electron chi connectivity index (χ1n) is 7.78.